The molecule has 0 spiro atoms. The first-order valence-corrected chi connectivity index (χ1v) is 3.68. The minimum Gasteiger partial charge on any atom is -0.381 e. The van der Waals surface area contributed by atoms with Crippen molar-refractivity contribution >= 4 is 5.69 Å². The van der Waals surface area contributed by atoms with Gasteiger partial charge in [-0.05, 0) is 19.1 Å². The number of allylic oxidation sites excluding steroid dienone is 1. The summed E-state index contributed by atoms with van der Waals surface area (Å²) in [5, 5.41) is 3.22. The van der Waals surface area contributed by atoms with Crippen LogP contribution in [0.3, 0.4) is 0 Å². The predicted octanol–water partition coefficient (Wildman–Crippen LogP) is 2.07. The van der Waals surface area contributed by atoms with Crippen LogP contribution in [0, 0.1) is 0 Å². The van der Waals surface area contributed by atoms with Crippen LogP contribution in [0.25, 0.3) is 0 Å². The van der Waals surface area contributed by atoms with Crippen molar-refractivity contribution in [3.05, 3.63) is 36.7 Å². The molecule has 0 atom stereocenters. The first-order chi connectivity index (χ1) is 5.43. The maximum absolute atomic E-state index is 3.92. The Labute approximate surface area is 67.0 Å². The number of pyridine rings is 1. The van der Waals surface area contributed by atoms with E-state index < -0.39 is 0 Å². The Bertz CT molecular complexity index is 216. The smallest absolute Gasteiger partial charge is 0.0373 e. The molecule has 1 heterocycles. The number of nitrogens with zero attached hydrogens (tertiary/aromatic N) is 1. The topological polar surface area (TPSA) is 24.9 Å². The maximum Gasteiger partial charge on any atom is 0.0373 e. The van der Waals surface area contributed by atoms with Crippen LogP contribution in [0.4, 0.5) is 5.69 Å². The molecule has 11 heavy (non-hydrogen) atoms. The van der Waals surface area contributed by atoms with Crippen LogP contribution in [0.1, 0.15) is 6.92 Å². The summed E-state index contributed by atoms with van der Waals surface area (Å²) in [7, 11) is 0. The largest absolute Gasteiger partial charge is 0.381 e. The molecule has 0 saturated carbocycles. The monoisotopic (exact) mass is 148 g/mol. The van der Waals surface area contributed by atoms with Crippen LogP contribution in [0.15, 0.2) is 36.7 Å². The molecular weight excluding hydrogens is 136 g/mol. The second-order valence-corrected chi connectivity index (χ2v) is 2.19. The highest BCUT2D eigenvalue weighted by atomic mass is 14.9. The van der Waals surface area contributed by atoms with Crippen molar-refractivity contribution in [1.29, 1.82) is 0 Å². The number of anilines is 1. The van der Waals surface area contributed by atoms with Crippen molar-refractivity contribution < 1.29 is 0 Å². The van der Waals surface area contributed by atoms with Gasteiger partial charge in [0, 0.05) is 24.6 Å². The standard InChI is InChI=1S/C9H12N2/c1-2-3-6-11-9-4-7-10-8-5-9/h2-5,7-8H,6H2,1H3,(H,10,11). The summed E-state index contributed by atoms with van der Waals surface area (Å²) in [6.45, 7) is 2.88. The minimum atomic E-state index is 0.876. The Morgan fingerprint density at radius 2 is 2.18 bits per heavy atom. The highest BCUT2D eigenvalue weighted by molar-refractivity contribution is 5.41. The van der Waals surface area contributed by atoms with Gasteiger partial charge in [-0.2, -0.15) is 0 Å². The summed E-state index contributed by atoms with van der Waals surface area (Å²) in [5.74, 6) is 0. The molecule has 1 aromatic rings. The van der Waals surface area contributed by atoms with E-state index in [9.17, 15) is 0 Å². The van der Waals surface area contributed by atoms with Crippen LogP contribution < -0.4 is 5.32 Å². The molecule has 0 bridgehead atoms. The van der Waals surface area contributed by atoms with Crippen molar-refractivity contribution in [2.24, 2.45) is 0 Å². The van der Waals surface area contributed by atoms with Crippen LogP contribution in [0.5, 0.6) is 0 Å². The molecule has 0 aliphatic rings. The first kappa shape index (κ1) is 7.79. The van der Waals surface area contributed by atoms with E-state index in [1.807, 2.05) is 25.1 Å². The predicted molar refractivity (Wildman–Crippen MR) is 47.5 cm³/mol. The lowest BCUT2D eigenvalue weighted by molar-refractivity contribution is 1.28. The second-order valence-electron chi connectivity index (χ2n) is 2.19. The molecule has 0 aromatic carbocycles. The molecule has 0 aliphatic carbocycles. The molecule has 1 N–H and O–H groups in total. The Balaban J connectivity index is 2.39. The van der Waals surface area contributed by atoms with Gasteiger partial charge in [0.05, 0.1) is 0 Å². The van der Waals surface area contributed by atoms with Gasteiger partial charge in [-0.1, -0.05) is 12.2 Å². The fourth-order valence-electron chi connectivity index (χ4n) is 0.764. The van der Waals surface area contributed by atoms with E-state index in [1.165, 1.54) is 0 Å². The molecule has 0 fully saturated rings. The van der Waals surface area contributed by atoms with Gasteiger partial charge in [-0.3, -0.25) is 4.98 Å². The third-order valence-corrected chi connectivity index (χ3v) is 1.34. The minimum absolute atomic E-state index is 0.876. The first-order valence-electron chi connectivity index (χ1n) is 3.68. The van der Waals surface area contributed by atoms with Crippen LogP contribution in [-0.4, -0.2) is 11.5 Å². The van der Waals surface area contributed by atoms with Gasteiger partial charge in [-0.15, -0.1) is 0 Å². The average Bonchev–Trinajstić information content (AvgIpc) is 2.07. The summed E-state index contributed by atoms with van der Waals surface area (Å²) in [6.07, 6.45) is 7.64. The van der Waals surface area contributed by atoms with Gasteiger partial charge in [0.15, 0.2) is 0 Å². The van der Waals surface area contributed by atoms with Crippen molar-refractivity contribution in [2.75, 3.05) is 11.9 Å². The second kappa shape index (κ2) is 4.50. The Kier molecular flexibility index (Phi) is 3.19. The fourth-order valence-corrected chi connectivity index (χ4v) is 0.764. The highest BCUT2D eigenvalue weighted by Crippen LogP contribution is 2.01. The van der Waals surface area contributed by atoms with Crippen molar-refractivity contribution in [3.8, 4) is 0 Å². The molecule has 0 saturated heterocycles. The number of nitrogens with one attached hydrogen (secondary N) is 1. The lowest BCUT2D eigenvalue weighted by atomic mass is 10.4. The Morgan fingerprint density at radius 1 is 1.45 bits per heavy atom. The van der Waals surface area contributed by atoms with E-state index in [4.69, 9.17) is 0 Å². The summed E-state index contributed by atoms with van der Waals surface area (Å²) >= 11 is 0. The van der Waals surface area contributed by atoms with Crippen molar-refractivity contribution in [1.82, 2.24) is 4.98 Å². The zero-order chi connectivity index (χ0) is 7.94. The zero-order valence-corrected chi connectivity index (χ0v) is 6.62. The molecule has 0 aliphatic heterocycles. The number of hydrogen-bond acceptors (Lipinski definition) is 2. The molecule has 58 valence electrons. The summed E-state index contributed by atoms with van der Waals surface area (Å²) in [5.41, 5.74) is 1.11. The van der Waals surface area contributed by atoms with Gasteiger partial charge >= 0.3 is 0 Å². The zero-order valence-electron chi connectivity index (χ0n) is 6.62. The van der Waals surface area contributed by atoms with Gasteiger partial charge in [0.1, 0.15) is 0 Å². The third-order valence-electron chi connectivity index (χ3n) is 1.34. The van der Waals surface area contributed by atoms with E-state index in [1.54, 1.807) is 12.4 Å². The molecule has 1 rings (SSSR count). The lowest BCUT2D eigenvalue weighted by Gasteiger charge is -2.00. The van der Waals surface area contributed by atoms with Gasteiger partial charge < -0.3 is 5.32 Å². The average molecular weight is 148 g/mol. The lowest BCUT2D eigenvalue weighted by Crippen LogP contribution is -1.97. The van der Waals surface area contributed by atoms with Crippen molar-refractivity contribution in [3.63, 3.8) is 0 Å². The van der Waals surface area contributed by atoms with E-state index in [-0.39, 0.29) is 0 Å². The maximum atomic E-state index is 3.92. The quantitative estimate of drug-likeness (QED) is 0.664. The van der Waals surface area contributed by atoms with Gasteiger partial charge in [0.25, 0.3) is 0 Å². The highest BCUT2D eigenvalue weighted by Gasteiger charge is 1.84. The molecule has 2 heteroatoms. The molecule has 0 unspecified atom stereocenters. The summed E-state index contributed by atoms with van der Waals surface area (Å²) in [6, 6.07) is 3.90. The molecule has 1 aromatic heterocycles. The Morgan fingerprint density at radius 3 is 2.82 bits per heavy atom. The number of hydrogen-bond donors (Lipinski definition) is 1. The normalized spacial score (nSPS) is 10.3. The summed E-state index contributed by atoms with van der Waals surface area (Å²) in [4.78, 5) is 3.92. The van der Waals surface area contributed by atoms with Crippen molar-refractivity contribution in [2.45, 2.75) is 6.92 Å². The molecule has 2 nitrogen and oxygen atoms in total. The van der Waals surface area contributed by atoms with Gasteiger partial charge in [0.2, 0.25) is 0 Å². The molecular formula is C9H12N2. The van der Waals surface area contributed by atoms with Crippen LogP contribution >= 0.6 is 0 Å². The van der Waals surface area contributed by atoms with Crippen LogP contribution in [-0.2, 0) is 0 Å². The van der Waals surface area contributed by atoms with E-state index in [0.717, 1.165) is 12.2 Å². The number of aromatic nitrogens is 1. The molecule has 0 radical (unpaired) electrons. The fraction of sp³-hybridized carbons (Fsp3) is 0.222. The Hall–Kier alpha value is -1.31. The SMILES string of the molecule is CC=CCNc1ccncc1. The number of rotatable bonds is 3. The van der Waals surface area contributed by atoms with Gasteiger partial charge in [-0.25, -0.2) is 0 Å². The van der Waals surface area contributed by atoms with E-state index in [2.05, 4.69) is 16.4 Å². The van der Waals surface area contributed by atoms with E-state index >= 15 is 0 Å². The third kappa shape index (κ3) is 2.85. The molecule has 0 amide bonds. The van der Waals surface area contributed by atoms with Crippen LogP contribution in [0.2, 0.25) is 0 Å². The van der Waals surface area contributed by atoms with E-state index in [0.29, 0.717) is 0 Å². The summed E-state index contributed by atoms with van der Waals surface area (Å²) < 4.78 is 0.